The number of hydrogen-bond acceptors (Lipinski definition) is 6. The van der Waals surface area contributed by atoms with E-state index in [2.05, 4.69) is 15.3 Å². The van der Waals surface area contributed by atoms with Crippen LogP contribution in [-0.2, 0) is 10.5 Å². The Kier molecular flexibility index (Phi) is 8.30. The molecule has 6 nitrogen and oxygen atoms in total. The molecule has 0 spiro atoms. The van der Waals surface area contributed by atoms with Crippen LogP contribution in [0.25, 0.3) is 6.08 Å². The van der Waals surface area contributed by atoms with Gasteiger partial charge in [-0.05, 0) is 50.6 Å². The lowest BCUT2D eigenvalue weighted by atomic mass is 10.1. The number of halogens is 2. The average molecular weight is 432 g/mol. The highest BCUT2D eigenvalue weighted by Crippen LogP contribution is 2.29. The molecule has 0 aliphatic carbocycles. The molecule has 0 saturated heterocycles. The van der Waals surface area contributed by atoms with Gasteiger partial charge in [0, 0.05) is 23.1 Å². The second-order valence-corrected chi connectivity index (χ2v) is 7.62. The molecule has 0 radical (unpaired) electrons. The number of nitriles is 1. The zero-order chi connectivity index (χ0) is 22.3. The number of aryl methyl sites for hydroxylation is 1. The van der Waals surface area contributed by atoms with Crippen molar-refractivity contribution in [2.75, 3.05) is 7.11 Å². The van der Waals surface area contributed by atoms with Gasteiger partial charge < -0.3 is 10.1 Å². The molecular formula is C21H22F2N4O2S. The van der Waals surface area contributed by atoms with Crippen LogP contribution in [0.3, 0.4) is 0 Å². The Morgan fingerprint density at radius 2 is 2.07 bits per heavy atom. The van der Waals surface area contributed by atoms with Crippen LogP contribution in [0.1, 0.15) is 42.8 Å². The van der Waals surface area contributed by atoms with E-state index in [1.165, 1.54) is 31.0 Å². The molecule has 1 N–H and O–H groups in total. The van der Waals surface area contributed by atoms with Crippen LogP contribution in [0.4, 0.5) is 8.78 Å². The number of aromatic nitrogens is 2. The maximum atomic E-state index is 13.0. The van der Waals surface area contributed by atoms with Crippen LogP contribution in [-0.4, -0.2) is 29.0 Å². The highest BCUT2D eigenvalue weighted by molar-refractivity contribution is 7.98. The molecule has 0 bridgehead atoms. The molecule has 1 aromatic heterocycles. The van der Waals surface area contributed by atoms with E-state index in [9.17, 15) is 18.8 Å². The molecule has 0 saturated carbocycles. The van der Waals surface area contributed by atoms with E-state index in [4.69, 9.17) is 4.74 Å². The molecule has 2 rings (SSSR count). The lowest BCUT2D eigenvalue weighted by molar-refractivity contribution is -0.117. The van der Waals surface area contributed by atoms with E-state index in [1.54, 1.807) is 25.1 Å². The summed E-state index contributed by atoms with van der Waals surface area (Å²) in [7, 11) is 1.52. The van der Waals surface area contributed by atoms with Gasteiger partial charge in [0.2, 0.25) is 0 Å². The lowest BCUT2D eigenvalue weighted by Gasteiger charge is -2.11. The van der Waals surface area contributed by atoms with Gasteiger partial charge in [-0.3, -0.25) is 4.79 Å². The number of rotatable bonds is 8. The fourth-order valence-corrected chi connectivity index (χ4v) is 3.43. The Bertz CT molecular complexity index is 987. The molecule has 1 amide bonds. The lowest BCUT2D eigenvalue weighted by Crippen LogP contribution is -2.30. The van der Waals surface area contributed by atoms with Crippen LogP contribution in [0.5, 0.6) is 5.75 Å². The fraction of sp³-hybridized carbons (Fsp3) is 0.333. The predicted octanol–water partition coefficient (Wildman–Crippen LogP) is 4.46. The number of nitrogens with zero attached hydrogens (tertiary/aromatic N) is 3. The number of amides is 1. The monoisotopic (exact) mass is 432 g/mol. The molecule has 1 aromatic carbocycles. The highest BCUT2D eigenvalue weighted by Gasteiger charge is 2.14. The maximum absolute atomic E-state index is 13.0. The minimum Gasteiger partial charge on any atom is -0.496 e. The number of carbonyl (C=O) groups excluding carboxylic acids is 1. The van der Waals surface area contributed by atoms with Crippen LogP contribution < -0.4 is 10.1 Å². The first-order chi connectivity index (χ1) is 14.2. The number of thioether (sulfide) groups is 1. The molecule has 1 heterocycles. The van der Waals surface area contributed by atoms with Crippen molar-refractivity contribution in [3.63, 3.8) is 0 Å². The van der Waals surface area contributed by atoms with Crippen LogP contribution >= 0.6 is 11.8 Å². The number of methoxy groups -OCH3 is 1. The van der Waals surface area contributed by atoms with Crippen molar-refractivity contribution in [3.05, 3.63) is 52.4 Å². The largest absolute Gasteiger partial charge is 0.496 e. The summed E-state index contributed by atoms with van der Waals surface area (Å²) in [6.07, 6.45) is -1.18. The standard InChI is InChI=1S/C21H22F2N4O2S/c1-12(2)25-20(28)15(10-24)8-14-5-6-18(29-4)16(9-14)11-30-21-26-13(3)7-17(27-21)19(22)23/h5-9,12,19H,11H2,1-4H3,(H,25,28)/b15-8+. The summed E-state index contributed by atoms with van der Waals surface area (Å²) >= 11 is 1.20. The van der Waals surface area contributed by atoms with Crippen molar-refractivity contribution >= 4 is 23.7 Å². The Morgan fingerprint density at radius 3 is 2.67 bits per heavy atom. The number of hydrogen-bond donors (Lipinski definition) is 1. The zero-order valence-electron chi connectivity index (χ0n) is 17.1. The third-order valence-corrected chi connectivity index (χ3v) is 4.73. The summed E-state index contributed by atoms with van der Waals surface area (Å²) in [6.45, 7) is 5.25. The van der Waals surface area contributed by atoms with Gasteiger partial charge in [0.15, 0.2) is 5.16 Å². The Labute approximate surface area is 178 Å². The molecule has 0 fully saturated rings. The van der Waals surface area contributed by atoms with Crippen molar-refractivity contribution in [2.24, 2.45) is 0 Å². The summed E-state index contributed by atoms with van der Waals surface area (Å²) in [5, 5.41) is 12.2. The summed E-state index contributed by atoms with van der Waals surface area (Å²) < 4.78 is 31.3. The number of nitrogens with one attached hydrogen (secondary N) is 1. The number of carbonyl (C=O) groups is 1. The van der Waals surface area contributed by atoms with E-state index >= 15 is 0 Å². The number of ether oxygens (including phenoxy) is 1. The van der Waals surface area contributed by atoms with Gasteiger partial charge in [-0.2, -0.15) is 5.26 Å². The van der Waals surface area contributed by atoms with Crippen molar-refractivity contribution in [1.82, 2.24) is 15.3 Å². The minimum atomic E-state index is -2.67. The molecule has 30 heavy (non-hydrogen) atoms. The van der Waals surface area contributed by atoms with Crippen molar-refractivity contribution in [2.45, 2.75) is 44.1 Å². The Morgan fingerprint density at radius 1 is 1.33 bits per heavy atom. The van der Waals surface area contributed by atoms with E-state index in [1.807, 2.05) is 19.9 Å². The molecule has 0 atom stereocenters. The number of alkyl halides is 2. The van der Waals surface area contributed by atoms with Gasteiger partial charge in [-0.25, -0.2) is 18.7 Å². The van der Waals surface area contributed by atoms with Crippen molar-refractivity contribution < 1.29 is 18.3 Å². The molecule has 0 unspecified atom stereocenters. The summed E-state index contributed by atoms with van der Waals surface area (Å²) in [6, 6.07) is 8.29. The highest BCUT2D eigenvalue weighted by atomic mass is 32.2. The Balaban J connectivity index is 2.28. The second kappa shape index (κ2) is 10.7. The maximum Gasteiger partial charge on any atom is 0.280 e. The summed E-state index contributed by atoms with van der Waals surface area (Å²) in [5.41, 5.74) is 1.52. The molecule has 9 heteroatoms. The summed E-state index contributed by atoms with van der Waals surface area (Å²) in [5.74, 6) is 0.496. The first-order valence-electron chi connectivity index (χ1n) is 9.09. The second-order valence-electron chi connectivity index (χ2n) is 6.68. The third-order valence-electron chi connectivity index (χ3n) is 3.83. The van der Waals surface area contributed by atoms with E-state index in [0.29, 0.717) is 22.8 Å². The molecule has 158 valence electrons. The number of benzene rings is 1. The average Bonchev–Trinajstić information content (AvgIpc) is 2.69. The van der Waals surface area contributed by atoms with Gasteiger partial charge >= 0.3 is 0 Å². The first kappa shape index (κ1) is 23.3. The molecule has 2 aromatic rings. The van der Waals surface area contributed by atoms with Crippen LogP contribution in [0, 0.1) is 18.3 Å². The molecule has 0 aliphatic rings. The molecular weight excluding hydrogens is 410 g/mol. The van der Waals surface area contributed by atoms with E-state index in [-0.39, 0.29) is 22.5 Å². The SMILES string of the molecule is COc1ccc(/C=C(\C#N)C(=O)NC(C)C)cc1CSc1nc(C)cc(C(F)F)n1. The summed E-state index contributed by atoms with van der Waals surface area (Å²) in [4.78, 5) is 20.2. The zero-order valence-corrected chi connectivity index (χ0v) is 17.9. The van der Waals surface area contributed by atoms with E-state index < -0.39 is 12.3 Å². The molecule has 0 aliphatic heterocycles. The van der Waals surface area contributed by atoms with Crippen molar-refractivity contribution in [1.29, 1.82) is 5.26 Å². The smallest absolute Gasteiger partial charge is 0.280 e. The van der Waals surface area contributed by atoms with Gasteiger partial charge in [0.05, 0.1) is 7.11 Å². The predicted molar refractivity (Wildman–Crippen MR) is 111 cm³/mol. The topological polar surface area (TPSA) is 87.9 Å². The van der Waals surface area contributed by atoms with Crippen molar-refractivity contribution in [3.8, 4) is 11.8 Å². The quantitative estimate of drug-likeness (QED) is 0.287. The normalized spacial score (nSPS) is 11.5. The van der Waals surface area contributed by atoms with Crippen LogP contribution in [0.15, 0.2) is 35.0 Å². The Hall–Kier alpha value is -2.99. The fourth-order valence-electron chi connectivity index (χ4n) is 2.54. The van der Waals surface area contributed by atoms with Crippen LogP contribution in [0.2, 0.25) is 0 Å². The van der Waals surface area contributed by atoms with Gasteiger partial charge in [-0.1, -0.05) is 17.8 Å². The van der Waals surface area contributed by atoms with E-state index in [0.717, 1.165) is 5.56 Å². The minimum absolute atomic E-state index is 0.0175. The first-order valence-corrected chi connectivity index (χ1v) is 10.1. The third kappa shape index (κ3) is 6.52. The van der Waals surface area contributed by atoms with Gasteiger partial charge in [-0.15, -0.1) is 0 Å². The van der Waals surface area contributed by atoms with Gasteiger partial charge in [0.1, 0.15) is 23.1 Å². The van der Waals surface area contributed by atoms with Gasteiger partial charge in [0.25, 0.3) is 12.3 Å².